The molecule has 0 bridgehead atoms. The number of carboxylic acids is 1. The number of carbonyl (C=O) groups excluding carboxylic acids is 1. The third-order valence-electron chi connectivity index (χ3n) is 5.94. The standard InChI is InChI=1S/C22H26N2O4/c1-2-11-23-12-9-22(10-13-23)24(19(15-28-22)21(26)27)20(25)18-8-7-16-5-3-4-6-17(16)14-18/h3-8,14,19H,2,9-13,15H2,1H3,(H,26,27)/t19-/m1/s1. The van der Waals surface area contributed by atoms with Crippen molar-refractivity contribution >= 4 is 22.6 Å². The molecule has 148 valence electrons. The van der Waals surface area contributed by atoms with E-state index in [9.17, 15) is 14.7 Å². The number of hydrogen-bond donors (Lipinski definition) is 1. The van der Waals surface area contributed by atoms with Crippen LogP contribution in [0.25, 0.3) is 10.8 Å². The van der Waals surface area contributed by atoms with Crippen LogP contribution in [0.1, 0.15) is 36.5 Å². The van der Waals surface area contributed by atoms with Crippen molar-refractivity contribution in [1.82, 2.24) is 9.80 Å². The number of rotatable bonds is 4. The molecule has 2 saturated heterocycles. The molecular formula is C22H26N2O4. The minimum absolute atomic E-state index is 0.0441. The average molecular weight is 382 g/mol. The number of carboxylic acid groups (broad SMARTS) is 1. The van der Waals surface area contributed by atoms with Crippen LogP contribution in [-0.2, 0) is 9.53 Å². The molecular weight excluding hydrogens is 356 g/mol. The Morgan fingerprint density at radius 2 is 1.86 bits per heavy atom. The largest absolute Gasteiger partial charge is 0.480 e. The summed E-state index contributed by atoms with van der Waals surface area (Å²) in [4.78, 5) is 29.2. The fourth-order valence-electron chi connectivity index (χ4n) is 4.46. The lowest BCUT2D eigenvalue weighted by atomic mass is 9.96. The van der Waals surface area contributed by atoms with Crippen molar-refractivity contribution in [3.63, 3.8) is 0 Å². The minimum Gasteiger partial charge on any atom is -0.480 e. The predicted octanol–water partition coefficient (Wildman–Crippen LogP) is 2.97. The van der Waals surface area contributed by atoms with Crippen LogP contribution < -0.4 is 0 Å². The van der Waals surface area contributed by atoms with Crippen LogP contribution >= 0.6 is 0 Å². The molecule has 0 unspecified atom stereocenters. The molecule has 1 spiro atoms. The second-order valence-corrected chi connectivity index (χ2v) is 7.69. The first-order chi connectivity index (χ1) is 13.5. The van der Waals surface area contributed by atoms with Gasteiger partial charge in [-0.2, -0.15) is 0 Å². The molecule has 0 radical (unpaired) electrons. The molecule has 2 aliphatic rings. The topological polar surface area (TPSA) is 70.1 Å². The Balaban J connectivity index is 1.66. The Morgan fingerprint density at radius 1 is 1.14 bits per heavy atom. The van der Waals surface area contributed by atoms with Crippen molar-refractivity contribution in [3.8, 4) is 0 Å². The van der Waals surface area contributed by atoms with Gasteiger partial charge in [0.25, 0.3) is 5.91 Å². The van der Waals surface area contributed by atoms with Gasteiger partial charge < -0.3 is 14.7 Å². The van der Waals surface area contributed by atoms with Gasteiger partial charge in [0.2, 0.25) is 0 Å². The highest BCUT2D eigenvalue weighted by molar-refractivity contribution is 6.00. The van der Waals surface area contributed by atoms with Gasteiger partial charge in [0.05, 0.1) is 6.61 Å². The van der Waals surface area contributed by atoms with E-state index < -0.39 is 17.7 Å². The van der Waals surface area contributed by atoms with Gasteiger partial charge in [-0.05, 0) is 35.9 Å². The number of aliphatic carboxylic acids is 1. The van der Waals surface area contributed by atoms with Gasteiger partial charge >= 0.3 is 5.97 Å². The molecule has 2 fully saturated rings. The number of piperidine rings is 1. The maximum absolute atomic E-state index is 13.5. The van der Waals surface area contributed by atoms with Crippen LogP contribution in [0.3, 0.4) is 0 Å². The zero-order chi connectivity index (χ0) is 19.7. The summed E-state index contributed by atoms with van der Waals surface area (Å²) in [6, 6.07) is 12.4. The van der Waals surface area contributed by atoms with Crippen molar-refractivity contribution in [1.29, 1.82) is 0 Å². The van der Waals surface area contributed by atoms with E-state index in [1.807, 2.05) is 36.4 Å². The summed E-state index contributed by atoms with van der Waals surface area (Å²) in [5.74, 6) is -1.28. The van der Waals surface area contributed by atoms with Crippen LogP contribution in [0.15, 0.2) is 42.5 Å². The summed E-state index contributed by atoms with van der Waals surface area (Å²) in [6.07, 6.45) is 2.34. The molecule has 0 aliphatic carbocycles. The third-order valence-corrected chi connectivity index (χ3v) is 5.94. The van der Waals surface area contributed by atoms with E-state index in [2.05, 4.69) is 11.8 Å². The van der Waals surface area contributed by atoms with Gasteiger partial charge in [-0.3, -0.25) is 9.69 Å². The lowest BCUT2D eigenvalue weighted by Crippen LogP contribution is -2.58. The fourth-order valence-corrected chi connectivity index (χ4v) is 4.46. The monoisotopic (exact) mass is 382 g/mol. The molecule has 0 aromatic heterocycles. The van der Waals surface area contributed by atoms with Crippen molar-refractivity contribution in [2.45, 2.75) is 38.0 Å². The van der Waals surface area contributed by atoms with E-state index in [0.717, 1.165) is 36.8 Å². The maximum atomic E-state index is 13.5. The Bertz CT molecular complexity index is 889. The van der Waals surface area contributed by atoms with Gasteiger partial charge in [0, 0.05) is 31.5 Å². The number of likely N-dealkylation sites (tertiary alicyclic amines) is 1. The maximum Gasteiger partial charge on any atom is 0.328 e. The molecule has 2 aromatic carbocycles. The van der Waals surface area contributed by atoms with Crippen molar-refractivity contribution in [2.24, 2.45) is 0 Å². The molecule has 6 nitrogen and oxygen atoms in total. The quantitative estimate of drug-likeness (QED) is 0.880. The Kier molecular flexibility index (Phi) is 5.08. The van der Waals surface area contributed by atoms with Crippen LogP contribution in [0.4, 0.5) is 0 Å². The van der Waals surface area contributed by atoms with E-state index in [-0.39, 0.29) is 12.5 Å². The predicted molar refractivity (Wildman–Crippen MR) is 106 cm³/mol. The molecule has 4 rings (SSSR count). The van der Waals surface area contributed by atoms with Crippen molar-refractivity contribution in [2.75, 3.05) is 26.2 Å². The van der Waals surface area contributed by atoms with E-state index in [1.54, 1.807) is 6.07 Å². The van der Waals surface area contributed by atoms with Crippen LogP contribution in [0, 0.1) is 0 Å². The highest BCUT2D eigenvalue weighted by atomic mass is 16.5. The molecule has 1 amide bonds. The summed E-state index contributed by atoms with van der Waals surface area (Å²) in [5.41, 5.74) is -0.318. The molecule has 2 heterocycles. The molecule has 28 heavy (non-hydrogen) atoms. The Labute approximate surface area is 164 Å². The van der Waals surface area contributed by atoms with Gasteiger partial charge in [-0.1, -0.05) is 37.3 Å². The van der Waals surface area contributed by atoms with Gasteiger partial charge in [-0.25, -0.2) is 4.79 Å². The van der Waals surface area contributed by atoms with Gasteiger partial charge in [0.1, 0.15) is 5.72 Å². The number of ether oxygens (including phenoxy) is 1. The van der Waals surface area contributed by atoms with E-state index >= 15 is 0 Å². The molecule has 2 aliphatic heterocycles. The molecule has 1 N–H and O–H groups in total. The first kappa shape index (κ1) is 18.9. The minimum atomic E-state index is -1.01. The summed E-state index contributed by atoms with van der Waals surface area (Å²) in [6.45, 7) is 4.81. The molecule has 2 aromatic rings. The lowest BCUT2D eigenvalue weighted by Gasteiger charge is -2.44. The number of amides is 1. The number of fused-ring (bicyclic) bond motifs is 1. The Morgan fingerprint density at radius 3 is 2.54 bits per heavy atom. The van der Waals surface area contributed by atoms with Crippen molar-refractivity contribution in [3.05, 3.63) is 48.0 Å². The lowest BCUT2D eigenvalue weighted by molar-refractivity contribution is -0.143. The second-order valence-electron chi connectivity index (χ2n) is 7.69. The average Bonchev–Trinajstić information content (AvgIpc) is 3.08. The number of carbonyl (C=O) groups is 2. The highest BCUT2D eigenvalue weighted by Gasteiger charge is 2.53. The fraction of sp³-hybridized carbons (Fsp3) is 0.455. The second kappa shape index (κ2) is 7.53. The molecule has 1 atom stereocenters. The van der Waals surface area contributed by atoms with Crippen LogP contribution in [0.2, 0.25) is 0 Å². The highest BCUT2D eigenvalue weighted by Crippen LogP contribution is 2.38. The van der Waals surface area contributed by atoms with E-state index in [4.69, 9.17) is 4.74 Å². The van der Waals surface area contributed by atoms with Crippen LogP contribution in [-0.4, -0.2) is 64.8 Å². The summed E-state index contributed by atoms with van der Waals surface area (Å²) in [7, 11) is 0. The number of hydrogen-bond acceptors (Lipinski definition) is 4. The van der Waals surface area contributed by atoms with Gasteiger partial charge in [-0.15, -0.1) is 0 Å². The molecule has 6 heteroatoms. The van der Waals surface area contributed by atoms with E-state index in [1.165, 1.54) is 4.90 Å². The normalized spacial score (nSPS) is 22.0. The first-order valence-corrected chi connectivity index (χ1v) is 9.96. The summed E-state index contributed by atoms with van der Waals surface area (Å²) in [5, 5.41) is 11.7. The summed E-state index contributed by atoms with van der Waals surface area (Å²) < 4.78 is 6.02. The number of nitrogens with zero attached hydrogens (tertiary/aromatic N) is 2. The number of benzene rings is 2. The van der Waals surface area contributed by atoms with Crippen molar-refractivity contribution < 1.29 is 19.4 Å². The third kappa shape index (κ3) is 3.27. The zero-order valence-corrected chi connectivity index (χ0v) is 16.1. The molecule has 0 saturated carbocycles. The Hall–Kier alpha value is -2.44. The first-order valence-electron chi connectivity index (χ1n) is 9.96. The van der Waals surface area contributed by atoms with E-state index in [0.29, 0.717) is 18.4 Å². The van der Waals surface area contributed by atoms with Crippen LogP contribution in [0.5, 0.6) is 0 Å². The van der Waals surface area contributed by atoms with Gasteiger partial charge in [0.15, 0.2) is 6.04 Å². The SMILES string of the molecule is CCCN1CCC2(CC1)OC[C@H](C(=O)O)N2C(=O)c1ccc2ccccc2c1. The zero-order valence-electron chi connectivity index (χ0n) is 16.1. The smallest absolute Gasteiger partial charge is 0.328 e. The summed E-state index contributed by atoms with van der Waals surface area (Å²) >= 11 is 0.